The summed E-state index contributed by atoms with van der Waals surface area (Å²) in [6, 6.07) is 5.52. The van der Waals surface area contributed by atoms with Crippen LogP contribution in [0.4, 0.5) is 18.0 Å². The van der Waals surface area contributed by atoms with Crippen LogP contribution >= 0.6 is 0 Å². The van der Waals surface area contributed by atoms with Crippen molar-refractivity contribution in [3.63, 3.8) is 0 Å². The number of likely N-dealkylation sites (tertiary alicyclic amines) is 1. The van der Waals surface area contributed by atoms with Gasteiger partial charge in [-0.25, -0.2) is 14.5 Å². The Morgan fingerprint density at radius 1 is 1.26 bits per heavy atom. The van der Waals surface area contributed by atoms with Gasteiger partial charge >= 0.3 is 12.5 Å². The minimum absolute atomic E-state index is 0.184. The molecule has 4 rings (SSSR count). The van der Waals surface area contributed by atoms with Crippen LogP contribution in [0.3, 0.4) is 0 Å². The Hall–Kier alpha value is -3.56. The predicted octanol–water partition coefficient (Wildman–Crippen LogP) is 5.76. The van der Waals surface area contributed by atoms with Gasteiger partial charge in [0, 0.05) is 18.7 Å². The monoisotopic (exact) mass is 474 g/mol. The highest BCUT2D eigenvalue weighted by molar-refractivity contribution is 5.89. The highest BCUT2D eigenvalue weighted by Crippen LogP contribution is 2.46. The molecule has 3 heterocycles. The topological polar surface area (TPSA) is 80.5 Å². The number of benzene rings is 1. The van der Waals surface area contributed by atoms with Crippen molar-refractivity contribution in [2.75, 3.05) is 6.54 Å². The summed E-state index contributed by atoms with van der Waals surface area (Å²) in [5.41, 5.74) is 2.70. The Kier molecular flexibility index (Phi) is 5.58. The van der Waals surface area contributed by atoms with Crippen LogP contribution in [-0.4, -0.2) is 49.8 Å². The number of alkyl halides is 3. The van der Waals surface area contributed by atoms with Crippen LogP contribution in [0.5, 0.6) is 5.75 Å². The molecule has 2 aromatic heterocycles. The molecule has 1 fully saturated rings. The molecule has 0 spiro atoms. The Bertz CT molecular complexity index is 1280. The number of hydrogen-bond acceptors (Lipinski definition) is 4. The van der Waals surface area contributed by atoms with Crippen LogP contribution in [0.2, 0.25) is 0 Å². The number of fused-ring (bicyclic) bond motifs is 1. The summed E-state index contributed by atoms with van der Waals surface area (Å²) in [6.07, 6.45) is -2.48. The van der Waals surface area contributed by atoms with E-state index in [2.05, 4.69) is 16.3 Å². The van der Waals surface area contributed by atoms with Crippen molar-refractivity contribution in [3.8, 4) is 11.4 Å². The number of ether oxygens (including phenoxy) is 1. The standard InChI is InChI=1S/C24H25F3N4O3/c1-6-14-9-10-28-21-18(14)19(16-12-30(22(32)33)20(16)23(3,4)5)29-31(21)17-8-7-15(11-13(17)2)34-24(25,26)27/h6-11,16,20H,1,12H2,2-5H3,(H,32,33). The van der Waals surface area contributed by atoms with E-state index in [1.807, 2.05) is 20.8 Å². The van der Waals surface area contributed by atoms with Crippen LogP contribution in [-0.2, 0) is 0 Å². The van der Waals surface area contributed by atoms with Crippen LogP contribution in [0.15, 0.2) is 37.0 Å². The smallest absolute Gasteiger partial charge is 0.465 e. The Balaban J connectivity index is 1.87. The van der Waals surface area contributed by atoms with Gasteiger partial charge in [0.15, 0.2) is 5.65 Å². The van der Waals surface area contributed by atoms with E-state index in [1.165, 1.54) is 23.1 Å². The van der Waals surface area contributed by atoms with E-state index in [0.29, 0.717) is 22.6 Å². The van der Waals surface area contributed by atoms with E-state index in [4.69, 9.17) is 5.10 Å². The van der Waals surface area contributed by atoms with Gasteiger partial charge in [-0.15, -0.1) is 13.2 Å². The zero-order valence-corrected chi connectivity index (χ0v) is 19.2. The van der Waals surface area contributed by atoms with Crippen molar-refractivity contribution in [3.05, 3.63) is 53.9 Å². The van der Waals surface area contributed by atoms with Gasteiger partial charge in [0.2, 0.25) is 0 Å². The minimum atomic E-state index is -4.79. The Morgan fingerprint density at radius 3 is 2.53 bits per heavy atom. The molecule has 2 unspecified atom stereocenters. The number of hydrogen-bond donors (Lipinski definition) is 1. The second kappa shape index (κ2) is 8.03. The van der Waals surface area contributed by atoms with Gasteiger partial charge in [0.05, 0.1) is 22.8 Å². The normalized spacial score (nSPS) is 18.6. The third kappa shape index (κ3) is 4.08. The van der Waals surface area contributed by atoms with E-state index in [0.717, 1.165) is 10.9 Å². The maximum atomic E-state index is 12.6. The zero-order chi connectivity index (χ0) is 25.0. The lowest BCUT2D eigenvalue weighted by molar-refractivity contribution is -0.274. The average molecular weight is 474 g/mol. The number of rotatable bonds is 4. The summed E-state index contributed by atoms with van der Waals surface area (Å²) in [5, 5.41) is 15.2. The molecule has 0 bridgehead atoms. The lowest BCUT2D eigenvalue weighted by Crippen LogP contribution is -2.62. The number of aromatic nitrogens is 3. The highest BCUT2D eigenvalue weighted by Gasteiger charge is 2.50. The van der Waals surface area contributed by atoms with Crippen molar-refractivity contribution in [1.82, 2.24) is 19.7 Å². The molecule has 1 amide bonds. The maximum Gasteiger partial charge on any atom is 0.573 e. The van der Waals surface area contributed by atoms with Gasteiger partial charge in [0.25, 0.3) is 0 Å². The molecule has 3 aromatic rings. The first kappa shape index (κ1) is 23.6. The SMILES string of the molecule is C=Cc1ccnc2c1c(C1CN(C(=O)O)C1C(C)(C)C)nn2-c1ccc(OC(F)(F)F)cc1C. The fourth-order valence-electron chi connectivity index (χ4n) is 4.76. The van der Waals surface area contributed by atoms with Crippen LogP contribution in [0.1, 0.15) is 43.5 Å². The maximum absolute atomic E-state index is 12.6. The molecule has 7 nitrogen and oxygen atoms in total. The molecule has 1 N–H and O–H groups in total. The van der Waals surface area contributed by atoms with Crippen LogP contribution in [0, 0.1) is 12.3 Å². The van der Waals surface area contributed by atoms with Gasteiger partial charge in [-0.05, 0) is 47.7 Å². The Labute approximate surface area is 194 Å². The first-order valence-electron chi connectivity index (χ1n) is 10.7. The van der Waals surface area contributed by atoms with E-state index in [9.17, 15) is 23.1 Å². The van der Waals surface area contributed by atoms with Gasteiger partial charge in [0.1, 0.15) is 5.75 Å². The number of nitrogens with zero attached hydrogens (tertiary/aromatic N) is 4. The van der Waals surface area contributed by atoms with E-state index in [-0.39, 0.29) is 29.7 Å². The molecule has 1 aliphatic rings. The number of carboxylic acid groups (broad SMARTS) is 1. The van der Waals surface area contributed by atoms with E-state index < -0.39 is 12.5 Å². The molecule has 0 aliphatic carbocycles. The molecular weight excluding hydrogens is 449 g/mol. The fraction of sp³-hybridized carbons (Fsp3) is 0.375. The Morgan fingerprint density at radius 2 is 1.97 bits per heavy atom. The lowest BCUT2D eigenvalue weighted by Gasteiger charge is -2.52. The number of carbonyl (C=O) groups is 1. The largest absolute Gasteiger partial charge is 0.573 e. The van der Waals surface area contributed by atoms with Crippen LogP contribution < -0.4 is 4.74 Å². The molecule has 0 saturated carbocycles. The third-order valence-electron chi connectivity index (χ3n) is 6.07. The molecular formula is C24H25F3N4O3. The highest BCUT2D eigenvalue weighted by atomic mass is 19.4. The van der Waals surface area contributed by atoms with E-state index in [1.54, 1.807) is 29.9 Å². The molecule has 34 heavy (non-hydrogen) atoms. The first-order chi connectivity index (χ1) is 15.8. The number of halogens is 3. The molecule has 1 aliphatic heterocycles. The van der Waals surface area contributed by atoms with Gasteiger partial charge in [-0.3, -0.25) is 0 Å². The quantitative estimate of drug-likeness (QED) is 0.520. The minimum Gasteiger partial charge on any atom is -0.465 e. The summed E-state index contributed by atoms with van der Waals surface area (Å²) >= 11 is 0. The van der Waals surface area contributed by atoms with Gasteiger partial charge < -0.3 is 14.7 Å². The summed E-state index contributed by atoms with van der Waals surface area (Å²) in [6.45, 7) is 11.8. The summed E-state index contributed by atoms with van der Waals surface area (Å²) in [4.78, 5) is 17.7. The predicted molar refractivity (Wildman–Crippen MR) is 121 cm³/mol. The van der Waals surface area contributed by atoms with Crippen LogP contribution in [0.25, 0.3) is 22.8 Å². The van der Waals surface area contributed by atoms with Crippen molar-refractivity contribution in [1.29, 1.82) is 0 Å². The second-order valence-corrected chi connectivity index (χ2v) is 9.45. The van der Waals surface area contributed by atoms with Crippen molar-refractivity contribution >= 4 is 23.2 Å². The molecule has 1 saturated heterocycles. The average Bonchev–Trinajstić information content (AvgIpc) is 3.03. The lowest BCUT2D eigenvalue weighted by atomic mass is 9.70. The van der Waals surface area contributed by atoms with Crippen molar-refractivity contribution in [2.45, 2.75) is 46.0 Å². The number of pyridine rings is 1. The van der Waals surface area contributed by atoms with Crippen molar-refractivity contribution in [2.24, 2.45) is 5.41 Å². The summed E-state index contributed by atoms with van der Waals surface area (Å²) in [7, 11) is 0. The number of amides is 1. The molecule has 2 atom stereocenters. The summed E-state index contributed by atoms with van der Waals surface area (Å²) in [5.74, 6) is -0.509. The second-order valence-electron chi connectivity index (χ2n) is 9.45. The summed E-state index contributed by atoms with van der Waals surface area (Å²) < 4.78 is 43.6. The van der Waals surface area contributed by atoms with Crippen molar-refractivity contribution < 1.29 is 27.8 Å². The fourth-order valence-corrected chi connectivity index (χ4v) is 4.76. The molecule has 1 aromatic carbocycles. The molecule has 0 radical (unpaired) electrons. The first-order valence-corrected chi connectivity index (χ1v) is 10.7. The van der Waals surface area contributed by atoms with Gasteiger partial charge in [-0.2, -0.15) is 5.10 Å². The number of aryl methyl sites for hydroxylation is 1. The zero-order valence-electron chi connectivity index (χ0n) is 19.2. The molecule has 10 heteroatoms. The third-order valence-corrected chi connectivity index (χ3v) is 6.07. The van der Waals surface area contributed by atoms with Gasteiger partial charge in [-0.1, -0.05) is 33.4 Å². The van der Waals surface area contributed by atoms with E-state index >= 15 is 0 Å². The molecule has 180 valence electrons.